The van der Waals surface area contributed by atoms with Gasteiger partial charge in [0.2, 0.25) is 5.91 Å². The van der Waals surface area contributed by atoms with Gasteiger partial charge in [-0.2, -0.15) is 0 Å². The Hall–Kier alpha value is -0.280. The molecule has 0 heterocycles. The van der Waals surface area contributed by atoms with Crippen LogP contribution in [0.4, 0.5) is 0 Å². The molecule has 1 N–H and O–H groups in total. The SMILES string of the molecule is CNCCN(C)C(=O)CCCC1CCCCC1.Cl. The summed E-state index contributed by atoms with van der Waals surface area (Å²) in [5.41, 5.74) is 0. The minimum absolute atomic E-state index is 0. The molecule has 0 saturated heterocycles. The summed E-state index contributed by atoms with van der Waals surface area (Å²) in [4.78, 5) is 13.6. The molecule has 108 valence electrons. The fourth-order valence-electron chi connectivity index (χ4n) is 2.61. The fourth-order valence-corrected chi connectivity index (χ4v) is 2.61. The van der Waals surface area contributed by atoms with Crippen molar-refractivity contribution in [2.24, 2.45) is 5.92 Å². The van der Waals surface area contributed by atoms with E-state index in [4.69, 9.17) is 0 Å². The maximum Gasteiger partial charge on any atom is 0.222 e. The lowest BCUT2D eigenvalue weighted by molar-refractivity contribution is -0.130. The van der Waals surface area contributed by atoms with Gasteiger partial charge in [-0.25, -0.2) is 0 Å². The van der Waals surface area contributed by atoms with Crippen LogP contribution in [0.2, 0.25) is 0 Å². The van der Waals surface area contributed by atoms with Gasteiger partial charge in [-0.05, 0) is 25.8 Å². The van der Waals surface area contributed by atoms with Crippen molar-refractivity contribution in [1.29, 1.82) is 0 Å². The second-order valence-electron chi connectivity index (χ2n) is 5.32. The third-order valence-corrected chi connectivity index (χ3v) is 3.85. The summed E-state index contributed by atoms with van der Waals surface area (Å²) in [6, 6.07) is 0. The van der Waals surface area contributed by atoms with Crippen LogP contribution in [0.5, 0.6) is 0 Å². The van der Waals surface area contributed by atoms with Crippen LogP contribution in [0.25, 0.3) is 0 Å². The van der Waals surface area contributed by atoms with Crippen LogP contribution in [-0.4, -0.2) is 38.0 Å². The predicted octanol–water partition coefficient (Wildman–Crippen LogP) is 2.84. The number of hydrogen-bond acceptors (Lipinski definition) is 2. The normalized spacial score (nSPS) is 16.1. The van der Waals surface area contributed by atoms with Crippen molar-refractivity contribution in [3.63, 3.8) is 0 Å². The van der Waals surface area contributed by atoms with E-state index in [0.717, 1.165) is 31.8 Å². The van der Waals surface area contributed by atoms with Crippen LogP contribution in [0.15, 0.2) is 0 Å². The first kappa shape index (κ1) is 17.7. The Kier molecular flexibility index (Phi) is 10.5. The topological polar surface area (TPSA) is 32.3 Å². The zero-order chi connectivity index (χ0) is 12.5. The van der Waals surface area contributed by atoms with Gasteiger partial charge in [-0.3, -0.25) is 4.79 Å². The first-order valence-corrected chi connectivity index (χ1v) is 7.12. The van der Waals surface area contributed by atoms with Gasteiger partial charge >= 0.3 is 0 Å². The summed E-state index contributed by atoms with van der Waals surface area (Å²) in [6.45, 7) is 1.70. The number of likely N-dealkylation sites (N-methyl/N-ethyl adjacent to an activating group) is 2. The van der Waals surface area contributed by atoms with Gasteiger partial charge in [-0.15, -0.1) is 12.4 Å². The number of carbonyl (C=O) groups excluding carboxylic acids is 1. The van der Waals surface area contributed by atoms with Crippen LogP contribution in [0.3, 0.4) is 0 Å². The molecule has 3 nitrogen and oxygen atoms in total. The summed E-state index contributed by atoms with van der Waals surface area (Å²) in [7, 11) is 3.82. The second-order valence-corrected chi connectivity index (χ2v) is 5.32. The van der Waals surface area contributed by atoms with Gasteiger partial charge < -0.3 is 10.2 Å². The molecule has 0 radical (unpaired) electrons. The lowest BCUT2D eigenvalue weighted by Crippen LogP contribution is -2.32. The van der Waals surface area contributed by atoms with E-state index < -0.39 is 0 Å². The Morgan fingerprint density at radius 1 is 1.28 bits per heavy atom. The van der Waals surface area contributed by atoms with E-state index in [-0.39, 0.29) is 12.4 Å². The average molecular weight is 277 g/mol. The molecular weight excluding hydrogens is 248 g/mol. The third kappa shape index (κ3) is 7.22. The Morgan fingerprint density at radius 2 is 1.94 bits per heavy atom. The highest BCUT2D eigenvalue weighted by atomic mass is 35.5. The Morgan fingerprint density at radius 3 is 2.56 bits per heavy atom. The third-order valence-electron chi connectivity index (χ3n) is 3.85. The number of nitrogens with zero attached hydrogens (tertiary/aromatic N) is 1. The molecule has 1 aliphatic rings. The monoisotopic (exact) mass is 276 g/mol. The van der Waals surface area contributed by atoms with Gasteiger partial charge in [0.25, 0.3) is 0 Å². The molecule has 0 aromatic heterocycles. The molecule has 0 atom stereocenters. The van der Waals surface area contributed by atoms with Gasteiger partial charge in [0, 0.05) is 26.6 Å². The standard InChI is InChI=1S/C14H28N2O.ClH/c1-15-11-12-16(2)14(17)10-6-9-13-7-4-3-5-8-13;/h13,15H,3-12H2,1-2H3;1H. The zero-order valence-corrected chi connectivity index (χ0v) is 12.7. The number of rotatable bonds is 7. The molecule has 0 spiro atoms. The fraction of sp³-hybridized carbons (Fsp3) is 0.929. The molecule has 1 fully saturated rings. The van der Waals surface area contributed by atoms with Crippen LogP contribution in [0.1, 0.15) is 51.4 Å². The maximum absolute atomic E-state index is 11.8. The minimum atomic E-state index is 0. The lowest BCUT2D eigenvalue weighted by atomic mass is 9.86. The van der Waals surface area contributed by atoms with Crippen LogP contribution < -0.4 is 5.32 Å². The smallest absolute Gasteiger partial charge is 0.222 e. The maximum atomic E-state index is 11.8. The molecule has 0 aliphatic heterocycles. The number of nitrogens with one attached hydrogen (secondary N) is 1. The first-order chi connectivity index (χ1) is 8.24. The number of hydrogen-bond donors (Lipinski definition) is 1. The molecule has 0 unspecified atom stereocenters. The summed E-state index contributed by atoms with van der Waals surface area (Å²) in [6.07, 6.45) is 10.1. The molecule has 1 rings (SSSR count). The molecule has 0 bridgehead atoms. The molecule has 0 aromatic carbocycles. The summed E-state index contributed by atoms with van der Waals surface area (Å²) in [5, 5.41) is 3.07. The highest BCUT2D eigenvalue weighted by molar-refractivity contribution is 5.85. The summed E-state index contributed by atoms with van der Waals surface area (Å²) in [5.74, 6) is 1.20. The Bertz CT molecular complexity index is 218. The van der Waals surface area contributed by atoms with Crippen LogP contribution in [-0.2, 0) is 4.79 Å². The van der Waals surface area contributed by atoms with E-state index in [9.17, 15) is 4.79 Å². The molecule has 18 heavy (non-hydrogen) atoms. The van der Waals surface area contributed by atoms with Crippen molar-refractivity contribution in [3.05, 3.63) is 0 Å². The van der Waals surface area contributed by atoms with Gasteiger partial charge in [-0.1, -0.05) is 32.1 Å². The van der Waals surface area contributed by atoms with E-state index in [2.05, 4.69) is 5.32 Å². The molecule has 1 saturated carbocycles. The van der Waals surface area contributed by atoms with E-state index in [1.165, 1.54) is 38.5 Å². The van der Waals surface area contributed by atoms with Gasteiger partial charge in [0.05, 0.1) is 0 Å². The molecule has 1 aliphatic carbocycles. The first-order valence-electron chi connectivity index (χ1n) is 7.12. The summed E-state index contributed by atoms with van der Waals surface area (Å²) >= 11 is 0. The highest BCUT2D eigenvalue weighted by Crippen LogP contribution is 2.27. The largest absolute Gasteiger partial charge is 0.344 e. The van der Waals surface area contributed by atoms with E-state index in [0.29, 0.717) is 5.91 Å². The molecule has 4 heteroatoms. The van der Waals surface area contributed by atoms with Crippen molar-refractivity contribution >= 4 is 18.3 Å². The van der Waals surface area contributed by atoms with Crippen LogP contribution >= 0.6 is 12.4 Å². The van der Waals surface area contributed by atoms with E-state index >= 15 is 0 Å². The molecule has 1 amide bonds. The molecule has 0 aromatic rings. The highest BCUT2D eigenvalue weighted by Gasteiger charge is 2.14. The Balaban J connectivity index is 0.00000289. The number of carbonyl (C=O) groups is 1. The minimum Gasteiger partial charge on any atom is -0.344 e. The van der Waals surface area contributed by atoms with Gasteiger partial charge in [0.1, 0.15) is 0 Å². The lowest BCUT2D eigenvalue weighted by Gasteiger charge is -2.22. The second kappa shape index (κ2) is 10.6. The average Bonchev–Trinajstić information content (AvgIpc) is 2.37. The van der Waals surface area contributed by atoms with Crippen molar-refractivity contribution < 1.29 is 4.79 Å². The van der Waals surface area contributed by atoms with Gasteiger partial charge in [0.15, 0.2) is 0 Å². The number of halogens is 1. The van der Waals surface area contributed by atoms with E-state index in [1.54, 1.807) is 0 Å². The predicted molar refractivity (Wildman–Crippen MR) is 79.2 cm³/mol. The Labute approximate surface area is 118 Å². The van der Waals surface area contributed by atoms with Crippen molar-refractivity contribution in [2.45, 2.75) is 51.4 Å². The van der Waals surface area contributed by atoms with Crippen molar-refractivity contribution in [1.82, 2.24) is 10.2 Å². The van der Waals surface area contributed by atoms with Crippen LogP contribution in [0, 0.1) is 5.92 Å². The number of amides is 1. The van der Waals surface area contributed by atoms with E-state index in [1.807, 2.05) is 19.0 Å². The quantitative estimate of drug-likeness (QED) is 0.776. The summed E-state index contributed by atoms with van der Waals surface area (Å²) < 4.78 is 0. The van der Waals surface area contributed by atoms with Crippen molar-refractivity contribution in [2.75, 3.05) is 27.2 Å². The zero-order valence-electron chi connectivity index (χ0n) is 11.9. The van der Waals surface area contributed by atoms with Crippen molar-refractivity contribution in [3.8, 4) is 0 Å². The molecular formula is C14H29ClN2O.